The summed E-state index contributed by atoms with van der Waals surface area (Å²) in [5.74, 6) is 0.0337. The Morgan fingerprint density at radius 1 is 1.21 bits per heavy atom. The van der Waals surface area contributed by atoms with Gasteiger partial charge < -0.3 is 14.7 Å². The molecular formula is C22H29N3O3. The predicted molar refractivity (Wildman–Crippen MR) is 106 cm³/mol. The predicted octanol–water partition coefficient (Wildman–Crippen LogP) is 2.92. The average Bonchev–Trinajstić information content (AvgIpc) is 2.94. The highest BCUT2D eigenvalue weighted by atomic mass is 16.5. The third-order valence-electron chi connectivity index (χ3n) is 6.34. The van der Waals surface area contributed by atoms with Crippen molar-refractivity contribution in [2.45, 2.75) is 57.3 Å². The maximum absolute atomic E-state index is 13.1. The van der Waals surface area contributed by atoms with Crippen molar-refractivity contribution >= 4 is 5.91 Å². The van der Waals surface area contributed by atoms with Gasteiger partial charge in [-0.2, -0.15) is 5.10 Å². The molecule has 0 radical (unpaired) electrons. The number of carbonyl (C=O) groups is 1. The van der Waals surface area contributed by atoms with Gasteiger partial charge in [0.25, 0.3) is 5.91 Å². The molecule has 2 aliphatic rings. The van der Waals surface area contributed by atoms with E-state index in [-0.39, 0.29) is 23.7 Å². The van der Waals surface area contributed by atoms with Crippen LogP contribution in [0, 0.1) is 13.8 Å². The van der Waals surface area contributed by atoms with Crippen LogP contribution in [0.25, 0.3) is 0 Å². The van der Waals surface area contributed by atoms with Gasteiger partial charge in [0.15, 0.2) is 0 Å². The molecule has 1 aromatic carbocycles. The van der Waals surface area contributed by atoms with E-state index in [0.717, 1.165) is 29.7 Å². The summed E-state index contributed by atoms with van der Waals surface area (Å²) < 4.78 is 8.23. The van der Waals surface area contributed by atoms with E-state index in [2.05, 4.69) is 17.2 Å². The van der Waals surface area contributed by atoms with Crippen molar-refractivity contribution in [2.24, 2.45) is 7.05 Å². The lowest BCUT2D eigenvalue weighted by Crippen LogP contribution is -2.52. The molecule has 1 spiro atoms. The Hall–Kier alpha value is -2.18. The summed E-state index contributed by atoms with van der Waals surface area (Å²) in [7, 11) is 1.82. The van der Waals surface area contributed by atoms with Crippen molar-refractivity contribution in [2.75, 3.05) is 13.1 Å². The second-order valence-corrected chi connectivity index (χ2v) is 8.27. The first kappa shape index (κ1) is 19.2. The first-order chi connectivity index (χ1) is 13.4. The number of hydrogen-bond acceptors (Lipinski definition) is 4. The molecule has 2 aromatic rings. The van der Waals surface area contributed by atoms with Gasteiger partial charge in [-0.3, -0.25) is 9.48 Å². The molecule has 6 heteroatoms. The zero-order chi connectivity index (χ0) is 19.9. The van der Waals surface area contributed by atoms with Gasteiger partial charge in [0.1, 0.15) is 5.69 Å². The van der Waals surface area contributed by atoms with Crippen molar-refractivity contribution in [3.8, 4) is 0 Å². The number of aromatic nitrogens is 2. The summed E-state index contributed by atoms with van der Waals surface area (Å²) in [6.45, 7) is 5.15. The average molecular weight is 383 g/mol. The number of ether oxygens (including phenoxy) is 1. The van der Waals surface area contributed by atoms with Gasteiger partial charge in [0.2, 0.25) is 0 Å². The fraction of sp³-hybridized carbons (Fsp3) is 0.545. The maximum Gasteiger partial charge on any atom is 0.272 e. The van der Waals surface area contributed by atoms with Gasteiger partial charge in [0.05, 0.1) is 23.5 Å². The molecule has 28 heavy (non-hydrogen) atoms. The molecule has 1 N–H and O–H groups in total. The van der Waals surface area contributed by atoms with E-state index in [1.807, 2.05) is 44.0 Å². The van der Waals surface area contributed by atoms with Gasteiger partial charge in [0, 0.05) is 38.5 Å². The number of piperidine rings is 1. The van der Waals surface area contributed by atoms with Gasteiger partial charge in [-0.25, -0.2) is 0 Å². The quantitative estimate of drug-likeness (QED) is 0.866. The summed E-state index contributed by atoms with van der Waals surface area (Å²) in [5.41, 5.74) is 3.26. The normalized spacial score (nSPS) is 24.5. The first-order valence-corrected chi connectivity index (χ1v) is 10.1. The molecule has 2 saturated heterocycles. The van der Waals surface area contributed by atoms with Crippen molar-refractivity contribution in [3.05, 3.63) is 52.8 Å². The van der Waals surface area contributed by atoms with Gasteiger partial charge >= 0.3 is 0 Å². The summed E-state index contributed by atoms with van der Waals surface area (Å²) in [6, 6.07) is 10.1. The lowest BCUT2D eigenvalue weighted by atomic mass is 9.81. The van der Waals surface area contributed by atoms with E-state index in [0.29, 0.717) is 31.6 Å². The van der Waals surface area contributed by atoms with Crippen LogP contribution < -0.4 is 0 Å². The van der Waals surface area contributed by atoms with Crippen molar-refractivity contribution < 1.29 is 14.6 Å². The minimum absolute atomic E-state index is 0.0337. The van der Waals surface area contributed by atoms with Crippen LogP contribution in [-0.2, 0) is 11.8 Å². The van der Waals surface area contributed by atoms with Gasteiger partial charge in [-0.05, 0) is 32.3 Å². The number of nitrogens with zero attached hydrogens (tertiary/aromatic N) is 3. The number of aliphatic hydroxyl groups excluding tert-OH is 1. The molecule has 6 nitrogen and oxygen atoms in total. The van der Waals surface area contributed by atoms with Crippen LogP contribution in [0.4, 0.5) is 0 Å². The molecule has 2 fully saturated rings. The molecule has 2 atom stereocenters. The second kappa shape index (κ2) is 7.33. The number of benzene rings is 1. The largest absolute Gasteiger partial charge is 0.393 e. The van der Waals surface area contributed by atoms with E-state index in [4.69, 9.17) is 4.74 Å². The van der Waals surface area contributed by atoms with Crippen molar-refractivity contribution in [3.63, 3.8) is 0 Å². The van der Waals surface area contributed by atoms with Crippen LogP contribution in [0.15, 0.2) is 30.3 Å². The molecule has 150 valence electrons. The van der Waals surface area contributed by atoms with Gasteiger partial charge in [-0.15, -0.1) is 0 Å². The van der Waals surface area contributed by atoms with E-state index in [1.165, 1.54) is 0 Å². The minimum Gasteiger partial charge on any atom is -0.393 e. The lowest BCUT2D eigenvalue weighted by Gasteiger charge is -2.48. The van der Waals surface area contributed by atoms with Crippen LogP contribution in [0.5, 0.6) is 0 Å². The molecular weight excluding hydrogens is 354 g/mol. The molecule has 1 amide bonds. The standard InChI is InChI=1S/C22H29N3O3/c1-15-16(2)23-24(3)20(15)21(27)25-11-9-22(10-12-25)14-18(26)13-19(28-22)17-7-5-4-6-8-17/h4-8,18-19,26H,9-14H2,1-3H3/t18-,19-/m1/s1. The highest BCUT2D eigenvalue weighted by Gasteiger charge is 2.44. The molecule has 2 aliphatic heterocycles. The fourth-order valence-corrected chi connectivity index (χ4v) is 4.68. The number of carbonyl (C=O) groups excluding carboxylic acids is 1. The SMILES string of the molecule is Cc1nn(C)c(C(=O)N2CCC3(CC2)C[C@H](O)C[C@H](c2ccccc2)O3)c1C. The van der Waals surface area contributed by atoms with E-state index in [1.54, 1.807) is 4.68 Å². The van der Waals surface area contributed by atoms with Gasteiger partial charge in [-0.1, -0.05) is 30.3 Å². The van der Waals surface area contributed by atoms with Crippen molar-refractivity contribution in [1.82, 2.24) is 14.7 Å². The highest BCUT2D eigenvalue weighted by molar-refractivity contribution is 5.94. The third-order valence-corrected chi connectivity index (χ3v) is 6.34. The number of aliphatic hydroxyl groups is 1. The zero-order valence-electron chi connectivity index (χ0n) is 16.9. The Balaban J connectivity index is 1.47. The Morgan fingerprint density at radius 3 is 2.50 bits per heavy atom. The number of hydrogen-bond donors (Lipinski definition) is 1. The molecule has 4 rings (SSSR count). The monoisotopic (exact) mass is 383 g/mol. The number of aryl methyl sites for hydroxylation is 2. The van der Waals surface area contributed by atoms with Crippen LogP contribution in [0.2, 0.25) is 0 Å². The summed E-state index contributed by atoms with van der Waals surface area (Å²) >= 11 is 0. The summed E-state index contributed by atoms with van der Waals surface area (Å²) in [5, 5.41) is 14.9. The fourth-order valence-electron chi connectivity index (χ4n) is 4.68. The Morgan fingerprint density at radius 2 is 1.89 bits per heavy atom. The van der Waals surface area contributed by atoms with Crippen LogP contribution in [-0.4, -0.2) is 50.5 Å². The molecule has 0 saturated carbocycles. The Kier molecular flexibility index (Phi) is 5.02. The topological polar surface area (TPSA) is 67.6 Å². The lowest BCUT2D eigenvalue weighted by molar-refractivity contribution is -0.181. The van der Waals surface area contributed by atoms with Crippen molar-refractivity contribution in [1.29, 1.82) is 0 Å². The van der Waals surface area contributed by atoms with E-state index in [9.17, 15) is 9.90 Å². The second-order valence-electron chi connectivity index (χ2n) is 8.27. The Bertz CT molecular complexity index is 853. The van der Waals surface area contributed by atoms with E-state index >= 15 is 0 Å². The Labute approximate surface area is 166 Å². The molecule has 3 heterocycles. The summed E-state index contributed by atoms with van der Waals surface area (Å²) in [6.07, 6.45) is 2.30. The van der Waals surface area contributed by atoms with Crippen LogP contribution in [0.3, 0.4) is 0 Å². The smallest absolute Gasteiger partial charge is 0.272 e. The van der Waals surface area contributed by atoms with Crippen LogP contribution >= 0.6 is 0 Å². The summed E-state index contributed by atoms with van der Waals surface area (Å²) in [4.78, 5) is 15.0. The third kappa shape index (κ3) is 3.47. The molecule has 1 aromatic heterocycles. The molecule has 0 aliphatic carbocycles. The zero-order valence-corrected chi connectivity index (χ0v) is 16.9. The number of rotatable bonds is 2. The van der Waals surface area contributed by atoms with Crippen LogP contribution in [0.1, 0.15) is 59.1 Å². The first-order valence-electron chi connectivity index (χ1n) is 10.1. The molecule has 0 bridgehead atoms. The minimum atomic E-state index is -0.372. The van der Waals surface area contributed by atoms with E-state index < -0.39 is 0 Å². The number of amides is 1. The number of likely N-dealkylation sites (tertiary alicyclic amines) is 1. The highest BCUT2D eigenvalue weighted by Crippen LogP contribution is 2.43. The molecule has 0 unspecified atom stereocenters. The maximum atomic E-state index is 13.1.